The van der Waals surface area contributed by atoms with E-state index in [1.807, 2.05) is 0 Å². The number of phosphoric acid groups is 1. The first-order valence-corrected chi connectivity index (χ1v) is 4.83. The first-order chi connectivity index (χ1) is 4.33. The number of hydrogen-bond acceptors (Lipinski definition) is 2. The molecule has 0 aliphatic heterocycles. The van der Waals surface area contributed by atoms with Gasteiger partial charge in [-0.2, -0.15) is 0 Å². The summed E-state index contributed by atoms with van der Waals surface area (Å²) in [5.74, 6) is 0. The highest BCUT2D eigenvalue weighted by atomic mass is 35.5. The van der Waals surface area contributed by atoms with Crippen LogP contribution in [0.2, 0.25) is 0 Å². The van der Waals surface area contributed by atoms with Crippen molar-refractivity contribution in [3.8, 4) is 0 Å². The van der Waals surface area contributed by atoms with E-state index in [4.69, 9.17) is 44.6 Å². The lowest BCUT2D eigenvalue weighted by atomic mass is 10.8. The zero-order valence-electron chi connectivity index (χ0n) is 5.02. The van der Waals surface area contributed by atoms with Gasteiger partial charge in [0.2, 0.25) is 0 Å². The molecule has 0 amide bonds. The molecule has 0 bridgehead atoms. The third-order valence-electron chi connectivity index (χ3n) is 0.436. The van der Waals surface area contributed by atoms with E-state index in [2.05, 4.69) is 4.52 Å². The summed E-state index contributed by atoms with van der Waals surface area (Å²) in [7, 11) is -4.58. The Bertz CT molecular complexity index is 146. The van der Waals surface area contributed by atoms with Gasteiger partial charge in [0.15, 0.2) is 5.56 Å². The maximum atomic E-state index is 10.0. The molecule has 0 aromatic carbocycles. The van der Waals surface area contributed by atoms with Gasteiger partial charge in [0, 0.05) is 0 Å². The van der Waals surface area contributed by atoms with E-state index >= 15 is 0 Å². The lowest BCUT2D eigenvalue weighted by Gasteiger charge is -2.11. The van der Waals surface area contributed by atoms with Crippen LogP contribution >= 0.6 is 42.6 Å². The van der Waals surface area contributed by atoms with Crippen molar-refractivity contribution in [2.24, 2.45) is 0 Å². The Balaban J connectivity index is 0. The second-order valence-electron chi connectivity index (χ2n) is 1.28. The number of hydrogen-bond donors (Lipinski definition) is 2. The highest BCUT2D eigenvalue weighted by Gasteiger charge is 2.24. The Labute approximate surface area is 79.6 Å². The molecule has 0 aromatic heterocycles. The predicted molar refractivity (Wildman–Crippen MR) is 42.6 cm³/mol. The van der Waals surface area contributed by atoms with Crippen molar-refractivity contribution in [1.82, 2.24) is 0 Å². The predicted octanol–water partition coefficient (Wildman–Crippen LogP) is 1.67. The summed E-state index contributed by atoms with van der Waals surface area (Å²) in [4.78, 5) is 15.1. The Hall–Kier alpha value is 0.980. The molecule has 1 unspecified atom stereocenters. The van der Waals surface area contributed by atoms with Crippen LogP contribution in [0.1, 0.15) is 0 Å². The second-order valence-corrected chi connectivity index (χ2v) is 4.07. The normalized spacial score (nSPS) is 14.4. The van der Waals surface area contributed by atoms with Gasteiger partial charge in [0.1, 0.15) is 4.84 Å². The molecule has 0 aliphatic rings. The summed E-state index contributed by atoms with van der Waals surface area (Å²) >= 11 is 15.3. The molecule has 67 valence electrons. The van der Waals surface area contributed by atoms with Gasteiger partial charge in [-0.3, -0.25) is 4.52 Å². The van der Waals surface area contributed by atoms with E-state index in [9.17, 15) is 4.57 Å². The van der Waals surface area contributed by atoms with E-state index in [1.165, 1.54) is 0 Å². The minimum atomic E-state index is -4.58. The van der Waals surface area contributed by atoms with Gasteiger partial charge in [-0.25, -0.2) is 4.57 Å². The molecule has 0 rings (SSSR count). The molecular formula is C3H5Cl3O4P. The van der Waals surface area contributed by atoms with E-state index in [1.54, 1.807) is 0 Å². The van der Waals surface area contributed by atoms with Crippen molar-refractivity contribution < 1.29 is 18.9 Å². The van der Waals surface area contributed by atoms with Crippen LogP contribution < -0.4 is 0 Å². The summed E-state index contributed by atoms with van der Waals surface area (Å²) in [6.45, 7) is 0. The van der Waals surface area contributed by atoms with Gasteiger partial charge >= 0.3 is 7.82 Å². The van der Waals surface area contributed by atoms with Crippen molar-refractivity contribution in [2.75, 3.05) is 0 Å². The fourth-order valence-electron chi connectivity index (χ4n) is 0.177. The maximum absolute atomic E-state index is 10.0. The quantitative estimate of drug-likeness (QED) is 0.583. The van der Waals surface area contributed by atoms with Crippen LogP contribution in [0, 0.1) is 7.43 Å². The highest BCUT2D eigenvalue weighted by Crippen LogP contribution is 2.40. The third kappa shape index (κ3) is 8.89. The molecule has 0 spiro atoms. The van der Waals surface area contributed by atoms with Gasteiger partial charge in [-0.1, -0.05) is 11.6 Å². The Kier molecular flexibility index (Phi) is 7.38. The molecule has 11 heavy (non-hydrogen) atoms. The van der Waals surface area contributed by atoms with Gasteiger partial charge in [0.25, 0.3) is 0 Å². The monoisotopic (exact) mass is 241 g/mol. The second kappa shape index (κ2) is 5.60. The minimum Gasteiger partial charge on any atom is -0.303 e. The number of phosphoric ester groups is 1. The summed E-state index contributed by atoms with van der Waals surface area (Å²) in [6.07, 6.45) is 0. The Morgan fingerprint density at radius 2 is 1.64 bits per heavy atom. The topological polar surface area (TPSA) is 66.8 Å². The smallest absolute Gasteiger partial charge is 0.303 e. The SMILES string of the molecule is O=P(O)(O)OC(Cl)C(Cl)Cl.[CH]. The molecule has 3 radical (unpaired) electrons. The number of halogens is 3. The average molecular weight is 242 g/mol. The van der Waals surface area contributed by atoms with Gasteiger partial charge in [-0.15, -0.1) is 23.2 Å². The molecule has 2 N–H and O–H groups in total. The van der Waals surface area contributed by atoms with Crippen LogP contribution in [0.15, 0.2) is 0 Å². The molecule has 4 nitrogen and oxygen atoms in total. The fourth-order valence-corrected chi connectivity index (χ4v) is 1.12. The molecule has 0 aliphatic carbocycles. The molecule has 8 heteroatoms. The molecule has 0 heterocycles. The summed E-state index contributed by atoms with van der Waals surface area (Å²) in [6, 6.07) is 0. The van der Waals surface area contributed by atoms with Crippen LogP contribution in [-0.4, -0.2) is 20.2 Å². The standard InChI is InChI=1S/C2H4Cl3O4P.CH/c3-1(4)2(5)9-10(6,7)8;/h1-2H,(H2,6,7,8);1H. The summed E-state index contributed by atoms with van der Waals surface area (Å²) in [5.41, 5.74) is -1.40. The maximum Gasteiger partial charge on any atom is 0.471 e. The van der Waals surface area contributed by atoms with E-state index in [0.717, 1.165) is 0 Å². The highest BCUT2D eigenvalue weighted by molar-refractivity contribution is 7.46. The first kappa shape index (κ1) is 14.5. The van der Waals surface area contributed by atoms with Crippen LogP contribution in [-0.2, 0) is 9.09 Å². The van der Waals surface area contributed by atoms with E-state index in [0.29, 0.717) is 0 Å². The van der Waals surface area contributed by atoms with Crippen LogP contribution in [0.4, 0.5) is 0 Å². The van der Waals surface area contributed by atoms with Crippen LogP contribution in [0.5, 0.6) is 0 Å². The van der Waals surface area contributed by atoms with Crippen molar-refractivity contribution in [2.45, 2.75) is 10.4 Å². The van der Waals surface area contributed by atoms with Crippen molar-refractivity contribution >= 4 is 42.6 Å². The van der Waals surface area contributed by atoms with E-state index in [-0.39, 0.29) is 7.43 Å². The molecule has 0 aromatic rings. The average Bonchev–Trinajstić information content (AvgIpc) is 1.60. The molecule has 1 atom stereocenters. The van der Waals surface area contributed by atoms with Crippen LogP contribution in [0.25, 0.3) is 0 Å². The summed E-state index contributed by atoms with van der Waals surface area (Å²) in [5, 5.41) is 0. The molecular weight excluding hydrogens is 237 g/mol. The summed E-state index contributed by atoms with van der Waals surface area (Å²) < 4.78 is 13.9. The van der Waals surface area contributed by atoms with Crippen molar-refractivity contribution in [3.05, 3.63) is 7.43 Å². The third-order valence-corrected chi connectivity index (χ3v) is 2.12. The van der Waals surface area contributed by atoms with Gasteiger partial charge in [0.05, 0.1) is 0 Å². The van der Waals surface area contributed by atoms with Gasteiger partial charge < -0.3 is 9.79 Å². The van der Waals surface area contributed by atoms with E-state index < -0.39 is 18.2 Å². The lowest BCUT2D eigenvalue weighted by Crippen LogP contribution is -2.11. The Morgan fingerprint density at radius 1 is 1.27 bits per heavy atom. The molecule has 0 saturated heterocycles. The largest absolute Gasteiger partial charge is 0.471 e. The fraction of sp³-hybridized carbons (Fsp3) is 0.667. The molecule has 0 saturated carbocycles. The van der Waals surface area contributed by atoms with Crippen LogP contribution in [0.3, 0.4) is 0 Å². The zero-order valence-corrected chi connectivity index (χ0v) is 8.19. The zero-order chi connectivity index (χ0) is 8.36. The number of rotatable bonds is 3. The first-order valence-electron chi connectivity index (χ1n) is 1.99. The van der Waals surface area contributed by atoms with Gasteiger partial charge in [-0.05, 0) is 7.43 Å². The van der Waals surface area contributed by atoms with Crippen molar-refractivity contribution in [1.29, 1.82) is 0 Å². The van der Waals surface area contributed by atoms with Crippen molar-refractivity contribution in [3.63, 3.8) is 0 Å². The molecule has 0 fully saturated rings. The Morgan fingerprint density at radius 3 is 1.73 bits per heavy atom. The number of alkyl halides is 3. The lowest BCUT2D eigenvalue weighted by molar-refractivity contribution is 0.185. The minimum absolute atomic E-state index is 0.